The van der Waals surface area contributed by atoms with Gasteiger partial charge in [-0.2, -0.15) is 31.4 Å². The molecule has 212 valence electrons. The van der Waals surface area contributed by atoms with Gasteiger partial charge in [0, 0.05) is 63.1 Å². The zero-order valence-corrected chi connectivity index (χ0v) is 20.2. The largest absolute Gasteiger partial charge is 0.490 e. The molecular formula is C22H27F6N5O5. The standard InChI is InChI=1S/C18H25N5O.2C2HF3O2/c1-21-11-16(10-20-21)12-22-8-9-24-15-18(13-22)5-7-23(14-18)17-4-2-3-6-19-17;2*3-2(4,5)1(6)7/h2-4,6,10-11H,5,7-9,12-15H2,1H3;2*(H,6,7). The van der Waals surface area contributed by atoms with Gasteiger partial charge in [-0.25, -0.2) is 14.6 Å². The summed E-state index contributed by atoms with van der Waals surface area (Å²) in [5, 5.41) is 18.5. The molecule has 2 fully saturated rings. The topological polar surface area (TPSA) is 121 Å². The van der Waals surface area contributed by atoms with Crippen LogP contribution in [0.5, 0.6) is 0 Å². The Bertz CT molecular complexity index is 1030. The number of halogens is 6. The van der Waals surface area contributed by atoms with Crippen LogP contribution in [0.1, 0.15) is 12.0 Å². The first-order valence-corrected chi connectivity index (χ1v) is 11.2. The molecule has 1 spiro atoms. The number of pyridine rings is 1. The lowest BCUT2D eigenvalue weighted by Gasteiger charge is -2.31. The Morgan fingerprint density at radius 2 is 1.68 bits per heavy atom. The highest BCUT2D eigenvalue weighted by Crippen LogP contribution is 2.35. The van der Waals surface area contributed by atoms with Crippen LogP contribution < -0.4 is 4.90 Å². The van der Waals surface area contributed by atoms with Gasteiger partial charge in [-0.05, 0) is 18.6 Å². The highest BCUT2D eigenvalue weighted by molar-refractivity contribution is 5.73. The molecule has 2 aliphatic rings. The van der Waals surface area contributed by atoms with E-state index in [2.05, 4.69) is 38.2 Å². The molecule has 4 heterocycles. The number of aryl methyl sites for hydroxylation is 1. The Balaban J connectivity index is 0.000000301. The van der Waals surface area contributed by atoms with E-state index < -0.39 is 24.3 Å². The van der Waals surface area contributed by atoms with E-state index in [1.165, 1.54) is 5.56 Å². The maximum Gasteiger partial charge on any atom is 0.490 e. The van der Waals surface area contributed by atoms with Crippen LogP contribution in [0.3, 0.4) is 0 Å². The number of nitrogens with zero attached hydrogens (tertiary/aromatic N) is 5. The normalized spacial score (nSPS) is 20.1. The summed E-state index contributed by atoms with van der Waals surface area (Å²) in [6.45, 7) is 6.74. The van der Waals surface area contributed by atoms with Crippen molar-refractivity contribution < 1.29 is 50.9 Å². The molecular weight excluding hydrogens is 528 g/mol. The quantitative estimate of drug-likeness (QED) is 0.551. The first-order valence-electron chi connectivity index (χ1n) is 11.2. The number of aromatic nitrogens is 3. The lowest BCUT2D eigenvalue weighted by atomic mass is 9.87. The van der Waals surface area contributed by atoms with Gasteiger partial charge in [0.15, 0.2) is 0 Å². The van der Waals surface area contributed by atoms with E-state index in [0.717, 1.165) is 58.2 Å². The molecule has 4 rings (SSSR count). The minimum Gasteiger partial charge on any atom is -0.475 e. The zero-order valence-electron chi connectivity index (χ0n) is 20.2. The monoisotopic (exact) mass is 555 g/mol. The maximum atomic E-state index is 10.6. The third kappa shape index (κ3) is 9.81. The van der Waals surface area contributed by atoms with Crippen molar-refractivity contribution in [3.8, 4) is 0 Å². The second-order valence-electron chi connectivity index (χ2n) is 8.75. The van der Waals surface area contributed by atoms with Gasteiger partial charge in [-0.1, -0.05) is 6.07 Å². The molecule has 0 amide bonds. The summed E-state index contributed by atoms with van der Waals surface area (Å²) in [4.78, 5) is 27.2. The summed E-state index contributed by atoms with van der Waals surface area (Å²) >= 11 is 0. The van der Waals surface area contributed by atoms with E-state index in [1.54, 1.807) is 0 Å². The predicted molar refractivity (Wildman–Crippen MR) is 120 cm³/mol. The minimum absolute atomic E-state index is 0.205. The fraction of sp³-hybridized carbons (Fsp3) is 0.545. The van der Waals surface area contributed by atoms with Gasteiger partial charge >= 0.3 is 24.3 Å². The van der Waals surface area contributed by atoms with Crippen LogP contribution >= 0.6 is 0 Å². The molecule has 0 aliphatic carbocycles. The second-order valence-corrected chi connectivity index (χ2v) is 8.75. The molecule has 0 bridgehead atoms. The number of aliphatic carboxylic acids is 2. The third-order valence-corrected chi connectivity index (χ3v) is 5.58. The van der Waals surface area contributed by atoms with Crippen molar-refractivity contribution in [1.82, 2.24) is 19.7 Å². The molecule has 1 atom stereocenters. The van der Waals surface area contributed by atoms with Gasteiger partial charge in [-0.15, -0.1) is 0 Å². The fourth-order valence-corrected chi connectivity index (χ4v) is 3.95. The number of hydrogen-bond acceptors (Lipinski definition) is 7. The number of carbonyl (C=O) groups is 2. The van der Waals surface area contributed by atoms with Crippen LogP contribution in [0.4, 0.5) is 32.2 Å². The number of rotatable bonds is 3. The van der Waals surface area contributed by atoms with E-state index in [1.807, 2.05) is 30.2 Å². The van der Waals surface area contributed by atoms with Crippen LogP contribution in [0.25, 0.3) is 0 Å². The molecule has 0 radical (unpaired) electrons. The summed E-state index contributed by atoms with van der Waals surface area (Å²) in [5.41, 5.74) is 1.48. The fourth-order valence-electron chi connectivity index (χ4n) is 3.95. The van der Waals surface area contributed by atoms with Crippen molar-refractivity contribution in [3.63, 3.8) is 0 Å². The average Bonchev–Trinajstić information content (AvgIpc) is 3.37. The van der Waals surface area contributed by atoms with Crippen molar-refractivity contribution in [2.24, 2.45) is 12.5 Å². The summed E-state index contributed by atoms with van der Waals surface area (Å²) in [5.74, 6) is -4.43. The molecule has 2 N–H and O–H groups in total. The Hall–Kier alpha value is -3.40. The first-order chi connectivity index (χ1) is 17.6. The van der Waals surface area contributed by atoms with E-state index in [4.69, 9.17) is 24.5 Å². The molecule has 10 nitrogen and oxygen atoms in total. The molecule has 2 saturated heterocycles. The number of alkyl halides is 6. The van der Waals surface area contributed by atoms with Crippen molar-refractivity contribution in [3.05, 3.63) is 42.4 Å². The van der Waals surface area contributed by atoms with Crippen LogP contribution in [0.2, 0.25) is 0 Å². The number of anilines is 1. The first kappa shape index (κ1) is 30.8. The number of ether oxygens (including phenoxy) is 1. The Labute approximate surface area is 213 Å². The third-order valence-electron chi connectivity index (χ3n) is 5.58. The molecule has 0 saturated carbocycles. The van der Waals surface area contributed by atoms with Gasteiger partial charge in [0.05, 0.1) is 19.4 Å². The molecule has 2 aromatic rings. The second kappa shape index (κ2) is 12.9. The maximum absolute atomic E-state index is 10.6. The van der Waals surface area contributed by atoms with Gasteiger partial charge in [-0.3, -0.25) is 9.58 Å². The number of hydrogen-bond donors (Lipinski definition) is 2. The SMILES string of the molecule is Cn1cc(CN2CCOCC3(CCN(c4ccccn4)C3)C2)cn1.O=C(O)C(F)(F)F.O=C(O)C(F)(F)F. The van der Waals surface area contributed by atoms with Crippen LogP contribution in [0.15, 0.2) is 36.8 Å². The lowest BCUT2D eigenvalue weighted by Crippen LogP contribution is -2.40. The summed E-state index contributed by atoms with van der Waals surface area (Å²) in [6.07, 6.45) is -3.06. The lowest BCUT2D eigenvalue weighted by molar-refractivity contribution is -0.193. The number of carboxylic acid groups (broad SMARTS) is 2. The van der Waals surface area contributed by atoms with Crippen molar-refractivity contribution in [2.45, 2.75) is 25.3 Å². The van der Waals surface area contributed by atoms with Gasteiger partial charge < -0.3 is 19.8 Å². The van der Waals surface area contributed by atoms with Crippen molar-refractivity contribution in [1.29, 1.82) is 0 Å². The highest BCUT2D eigenvalue weighted by Gasteiger charge is 2.42. The van der Waals surface area contributed by atoms with Crippen LogP contribution in [0, 0.1) is 5.41 Å². The molecule has 2 aliphatic heterocycles. The molecule has 16 heteroatoms. The summed E-state index contributed by atoms with van der Waals surface area (Å²) < 4.78 is 71.3. The van der Waals surface area contributed by atoms with E-state index in [9.17, 15) is 26.3 Å². The highest BCUT2D eigenvalue weighted by atomic mass is 19.4. The zero-order chi connectivity index (χ0) is 28.6. The summed E-state index contributed by atoms with van der Waals surface area (Å²) in [7, 11) is 1.97. The Kier molecular flexibility index (Phi) is 10.5. The summed E-state index contributed by atoms with van der Waals surface area (Å²) in [6, 6.07) is 6.13. The molecule has 0 aromatic carbocycles. The van der Waals surface area contributed by atoms with Gasteiger partial charge in [0.25, 0.3) is 0 Å². The van der Waals surface area contributed by atoms with Gasteiger partial charge in [0.1, 0.15) is 5.82 Å². The van der Waals surface area contributed by atoms with E-state index in [0.29, 0.717) is 0 Å². The Morgan fingerprint density at radius 1 is 1.05 bits per heavy atom. The molecule has 2 aromatic heterocycles. The van der Waals surface area contributed by atoms with Gasteiger partial charge in [0.2, 0.25) is 0 Å². The smallest absolute Gasteiger partial charge is 0.475 e. The van der Waals surface area contributed by atoms with Crippen LogP contribution in [-0.4, -0.2) is 93.6 Å². The Morgan fingerprint density at radius 3 is 2.18 bits per heavy atom. The predicted octanol–water partition coefficient (Wildman–Crippen LogP) is 2.81. The molecule has 1 unspecified atom stereocenters. The minimum atomic E-state index is -5.08. The van der Waals surface area contributed by atoms with E-state index >= 15 is 0 Å². The molecule has 38 heavy (non-hydrogen) atoms. The number of carboxylic acids is 2. The van der Waals surface area contributed by atoms with E-state index in [-0.39, 0.29) is 5.41 Å². The van der Waals surface area contributed by atoms with Crippen molar-refractivity contribution in [2.75, 3.05) is 44.3 Å². The van der Waals surface area contributed by atoms with Crippen molar-refractivity contribution >= 4 is 17.8 Å². The average molecular weight is 555 g/mol. The van der Waals surface area contributed by atoms with Crippen LogP contribution in [-0.2, 0) is 27.9 Å².